The third-order valence-electron chi connectivity index (χ3n) is 4.69. The number of rotatable bonds is 4. The van der Waals surface area contributed by atoms with E-state index in [4.69, 9.17) is 9.47 Å². The number of aromatic nitrogens is 2. The van der Waals surface area contributed by atoms with Gasteiger partial charge in [-0.15, -0.1) is 0 Å². The van der Waals surface area contributed by atoms with Crippen molar-refractivity contribution in [2.45, 2.75) is 6.92 Å². The number of amides is 1. The van der Waals surface area contributed by atoms with Gasteiger partial charge in [-0.05, 0) is 6.92 Å². The molecule has 2 aliphatic heterocycles. The summed E-state index contributed by atoms with van der Waals surface area (Å²) in [5, 5.41) is 7.07. The van der Waals surface area contributed by atoms with Gasteiger partial charge in [-0.3, -0.25) is 19.2 Å². The van der Waals surface area contributed by atoms with Gasteiger partial charge in [-0.25, -0.2) is 0 Å². The van der Waals surface area contributed by atoms with Crippen molar-refractivity contribution in [3.05, 3.63) is 11.9 Å². The van der Waals surface area contributed by atoms with E-state index in [2.05, 4.69) is 10.4 Å². The predicted molar refractivity (Wildman–Crippen MR) is 81.8 cm³/mol. The maximum absolute atomic E-state index is 12.3. The summed E-state index contributed by atoms with van der Waals surface area (Å²) >= 11 is 0. The summed E-state index contributed by atoms with van der Waals surface area (Å²) in [4.78, 5) is 26.4. The molecule has 0 spiro atoms. The molecule has 2 saturated heterocycles. The lowest BCUT2D eigenvalue weighted by atomic mass is 9.81. The summed E-state index contributed by atoms with van der Waals surface area (Å²) in [7, 11) is 3.21. The molecule has 1 aromatic rings. The molecule has 8 heteroatoms. The molecular weight excluding hydrogens is 300 g/mol. The molecule has 2 fully saturated rings. The van der Waals surface area contributed by atoms with Crippen LogP contribution in [0.25, 0.3) is 0 Å². The van der Waals surface area contributed by atoms with Crippen molar-refractivity contribution >= 4 is 17.6 Å². The van der Waals surface area contributed by atoms with Crippen molar-refractivity contribution in [3.8, 4) is 0 Å². The van der Waals surface area contributed by atoms with Crippen molar-refractivity contribution in [1.82, 2.24) is 14.7 Å². The van der Waals surface area contributed by atoms with Gasteiger partial charge >= 0.3 is 5.97 Å². The molecule has 126 valence electrons. The van der Waals surface area contributed by atoms with E-state index in [0.717, 1.165) is 5.69 Å². The fourth-order valence-corrected chi connectivity index (χ4v) is 3.57. The van der Waals surface area contributed by atoms with Crippen molar-refractivity contribution < 1.29 is 19.1 Å². The van der Waals surface area contributed by atoms with E-state index in [9.17, 15) is 9.59 Å². The zero-order chi connectivity index (χ0) is 16.6. The van der Waals surface area contributed by atoms with Crippen LogP contribution in [0.3, 0.4) is 0 Å². The number of fused-ring (bicyclic) bond motifs is 1. The average molecular weight is 322 g/mol. The zero-order valence-electron chi connectivity index (χ0n) is 13.7. The molecule has 0 saturated carbocycles. The molecule has 0 radical (unpaired) electrons. The van der Waals surface area contributed by atoms with Gasteiger partial charge in [0.05, 0.1) is 38.2 Å². The first-order valence-electron chi connectivity index (χ1n) is 7.63. The number of anilines is 1. The van der Waals surface area contributed by atoms with Crippen LogP contribution >= 0.6 is 0 Å². The van der Waals surface area contributed by atoms with Crippen LogP contribution in [0.5, 0.6) is 0 Å². The normalized spacial score (nSPS) is 27.0. The summed E-state index contributed by atoms with van der Waals surface area (Å²) in [6.07, 6.45) is 1.77. The van der Waals surface area contributed by atoms with Crippen LogP contribution in [0.2, 0.25) is 0 Å². The molecule has 1 N–H and O–H groups in total. The first-order valence-corrected chi connectivity index (χ1v) is 7.63. The minimum atomic E-state index is -0.626. The number of ether oxygens (including phenoxy) is 2. The molecule has 1 aromatic heterocycles. The van der Waals surface area contributed by atoms with Gasteiger partial charge in [-0.2, -0.15) is 5.10 Å². The van der Waals surface area contributed by atoms with E-state index in [0.29, 0.717) is 32.0 Å². The number of carbonyl (C=O) groups is 2. The molecule has 0 aliphatic carbocycles. The quantitative estimate of drug-likeness (QED) is 0.772. The number of nitrogens with one attached hydrogen (secondary N) is 1. The molecule has 0 bridgehead atoms. The smallest absolute Gasteiger partial charge is 0.315 e. The Balaban J connectivity index is 1.62. The zero-order valence-corrected chi connectivity index (χ0v) is 13.7. The van der Waals surface area contributed by atoms with E-state index in [1.54, 1.807) is 10.9 Å². The topological polar surface area (TPSA) is 85.7 Å². The molecular formula is C15H22N4O4. The number of esters is 1. The lowest BCUT2D eigenvalue weighted by Crippen LogP contribution is -2.41. The highest BCUT2D eigenvalue weighted by Gasteiger charge is 2.56. The van der Waals surface area contributed by atoms with Crippen LogP contribution in [-0.4, -0.2) is 66.5 Å². The molecule has 1 amide bonds. The second-order valence-electron chi connectivity index (χ2n) is 6.38. The van der Waals surface area contributed by atoms with E-state index in [1.165, 1.54) is 7.11 Å². The molecule has 0 unspecified atom stereocenters. The van der Waals surface area contributed by atoms with Crippen LogP contribution in [-0.2, 0) is 26.1 Å². The SMILES string of the molecule is COC(=O)[C@@]12COC[C@@H]1CN(CC(=O)Nc1cn(C)nc1C)C2. The van der Waals surface area contributed by atoms with E-state index < -0.39 is 5.41 Å². The standard InChI is InChI=1S/C15H22N4O4/c1-10-12(5-18(2)17-10)16-13(20)6-19-4-11-7-23-9-15(11,8-19)14(21)22-3/h5,11H,4,6-9H2,1-3H3,(H,16,20)/t11-,15-/m0/s1. The Hall–Kier alpha value is -1.93. The Morgan fingerprint density at radius 3 is 3.00 bits per heavy atom. The third kappa shape index (κ3) is 2.84. The molecule has 8 nitrogen and oxygen atoms in total. The monoisotopic (exact) mass is 322 g/mol. The minimum absolute atomic E-state index is 0.0860. The minimum Gasteiger partial charge on any atom is -0.468 e. The highest BCUT2D eigenvalue weighted by Crippen LogP contribution is 2.42. The maximum Gasteiger partial charge on any atom is 0.315 e. The second-order valence-corrected chi connectivity index (χ2v) is 6.38. The predicted octanol–water partition coefficient (Wildman–Crippen LogP) is -0.212. The van der Waals surface area contributed by atoms with Gasteiger partial charge < -0.3 is 14.8 Å². The first kappa shape index (κ1) is 15.9. The summed E-state index contributed by atoms with van der Waals surface area (Å²) in [5.41, 5.74) is 0.862. The van der Waals surface area contributed by atoms with Crippen molar-refractivity contribution in [2.75, 3.05) is 45.3 Å². The summed E-state index contributed by atoms with van der Waals surface area (Å²) in [6.45, 7) is 4.14. The van der Waals surface area contributed by atoms with E-state index >= 15 is 0 Å². The van der Waals surface area contributed by atoms with Gasteiger partial charge in [0.15, 0.2) is 0 Å². The van der Waals surface area contributed by atoms with Crippen LogP contribution in [0, 0.1) is 18.3 Å². The fraction of sp³-hybridized carbons (Fsp3) is 0.667. The highest BCUT2D eigenvalue weighted by molar-refractivity contribution is 5.92. The lowest BCUT2D eigenvalue weighted by Gasteiger charge is -2.23. The summed E-state index contributed by atoms with van der Waals surface area (Å²) in [5.74, 6) is -0.268. The Morgan fingerprint density at radius 1 is 1.57 bits per heavy atom. The largest absolute Gasteiger partial charge is 0.468 e. The van der Waals surface area contributed by atoms with Gasteiger partial charge in [0.1, 0.15) is 5.41 Å². The van der Waals surface area contributed by atoms with Gasteiger partial charge in [0.25, 0.3) is 0 Å². The second kappa shape index (κ2) is 5.93. The third-order valence-corrected chi connectivity index (χ3v) is 4.69. The first-order chi connectivity index (χ1) is 10.9. The lowest BCUT2D eigenvalue weighted by molar-refractivity contribution is -0.153. The number of likely N-dealkylation sites (tertiary alicyclic amines) is 1. The fourth-order valence-electron chi connectivity index (χ4n) is 3.57. The Kier molecular flexibility index (Phi) is 4.11. The Bertz CT molecular complexity index is 629. The van der Waals surface area contributed by atoms with Crippen LogP contribution in [0.15, 0.2) is 6.20 Å². The molecule has 3 rings (SSSR count). The summed E-state index contributed by atoms with van der Waals surface area (Å²) in [6, 6.07) is 0. The number of hydrogen-bond donors (Lipinski definition) is 1. The molecule has 23 heavy (non-hydrogen) atoms. The molecule has 3 heterocycles. The number of aryl methyl sites for hydroxylation is 2. The van der Waals surface area contributed by atoms with Crippen LogP contribution < -0.4 is 5.32 Å². The molecule has 2 atom stereocenters. The van der Waals surface area contributed by atoms with Crippen LogP contribution in [0.1, 0.15) is 5.69 Å². The number of methoxy groups -OCH3 is 1. The molecule has 0 aromatic carbocycles. The van der Waals surface area contributed by atoms with Gasteiger partial charge in [-0.1, -0.05) is 0 Å². The number of nitrogens with zero attached hydrogens (tertiary/aromatic N) is 3. The van der Waals surface area contributed by atoms with Gasteiger partial charge in [0.2, 0.25) is 5.91 Å². The van der Waals surface area contributed by atoms with Crippen molar-refractivity contribution in [2.24, 2.45) is 18.4 Å². The average Bonchev–Trinajstić information content (AvgIpc) is 3.11. The molecule has 2 aliphatic rings. The summed E-state index contributed by atoms with van der Waals surface area (Å²) < 4.78 is 12.1. The number of hydrogen-bond acceptors (Lipinski definition) is 6. The van der Waals surface area contributed by atoms with E-state index in [1.807, 2.05) is 18.9 Å². The Labute approximate surface area is 134 Å². The maximum atomic E-state index is 12.3. The van der Waals surface area contributed by atoms with Crippen molar-refractivity contribution in [3.63, 3.8) is 0 Å². The van der Waals surface area contributed by atoms with Crippen molar-refractivity contribution in [1.29, 1.82) is 0 Å². The highest BCUT2D eigenvalue weighted by atomic mass is 16.5. The van der Waals surface area contributed by atoms with Gasteiger partial charge in [0, 0.05) is 32.3 Å². The Morgan fingerprint density at radius 2 is 2.35 bits per heavy atom. The number of carbonyl (C=O) groups excluding carboxylic acids is 2. The van der Waals surface area contributed by atoms with Crippen LogP contribution in [0.4, 0.5) is 5.69 Å². The van der Waals surface area contributed by atoms with E-state index in [-0.39, 0.29) is 24.3 Å².